The quantitative estimate of drug-likeness (QED) is 0.828. The van der Waals surface area contributed by atoms with E-state index >= 15 is 0 Å². The number of Topliss-reactive ketones (excluding diaryl/α,β-unsaturated/α-hetero) is 1. The second-order valence-electron chi connectivity index (χ2n) is 8.07. The van der Waals surface area contributed by atoms with Gasteiger partial charge in [0.2, 0.25) is 10.0 Å². The van der Waals surface area contributed by atoms with Gasteiger partial charge < -0.3 is 0 Å². The monoisotopic (exact) mass is 360 g/mol. The van der Waals surface area contributed by atoms with E-state index in [2.05, 4.69) is 18.8 Å². The van der Waals surface area contributed by atoms with Crippen molar-refractivity contribution in [2.75, 3.05) is 18.8 Å². The van der Waals surface area contributed by atoms with Crippen LogP contribution in [-0.2, 0) is 14.8 Å². The number of hydrogen-bond donors (Lipinski definition) is 0. The van der Waals surface area contributed by atoms with Gasteiger partial charge in [-0.25, -0.2) is 8.42 Å². The average Bonchev–Trinajstić information content (AvgIpc) is 3.19. The summed E-state index contributed by atoms with van der Waals surface area (Å²) in [5.41, 5.74) is -0.177. The standard InChI is InChI=1S/C19H24N2O3S/c1-18(2)15-8-9-19(18,16(22)12-15)13-25(23,24)21-11-10-20-17(21)14-6-4-3-5-7-14/h3-7,15H,8-13H2,1-2H3/t15-,19+/m1/s1. The number of amidine groups is 1. The Hall–Kier alpha value is -1.69. The molecule has 1 aromatic carbocycles. The summed E-state index contributed by atoms with van der Waals surface area (Å²) in [6, 6.07) is 9.41. The van der Waals surface area contributed by atoms with Crippen molar-refractivity contribution in [3.63, 3.8) is 0 Å². The Labute approximate surface area is 149 Å². The Morgan fingerprint density at radius 1 is 1.24 bits per heavy atom. The first-order chi connectivity index (χ1) is 11.8. The van der Waals surface area contributed by atoms with Crippen molar-refractivity contribution >= 4 is 21.6 Å². The zero-order chi connectivity index (χ0) is 17.9. The lowest BCUT2D eigenvalue weighted by atomic mass is 9.70. The number of ketones is 1. The molecule has 4 rings (SSSR count). The summed E-state index contributed by atoms with van der Waals surface area (Å²) < 4.78 is 28.0. The third kappa shape index (κ3) is 2.30. The molecule has 0 aromatic heterocycles. The van der Waals surface area contributed by atoms with Gasteiger partial charge >= 0.3 is 0 Å². The van der Waals surface area contributed by atoms with E-state index in [9.17, 15) is 13.2 Å². The van der Waals surface area contributed by atoms with Crippen molar-refractivity contribution in [1.82, 2.24) is 4.31 Å². The van der Waals surface area contributed by atoms with Crippen LogP contribution in [0, 0.1) is 16.7 Å². The molecular weight excluding hydrogens is 336 g/mol. The van der Waals surface area contributed by atoms with E-state index in [1.54, 1.807) is 0 Å². The molecule has 6 heteroatoms. The van der Waals surface area contributed by atoms with Crippen molar-refractivity contribution in [3.8, 4) is 0 Å². The topological polar surface area (TPSA) is 66.8 Å². The van der Waals surface area contributed by atoms with Crippen LogP contribution in [0.5, 0.6) is 0 Å². The highest BCUT2D eigenvalue weighted by molar-refractivity contribution is 7.89. The largest absolute Gasteiger partial charge is 0.299 e. The van der Waals surface area contributed by atoms with Gasteiger partial charge in [-0.3, -0.25) is 14.1 Å². The van der Waals surface area contributed by atoms with Gasteiger partial charge in [0.15, 0.2) is 0 Å². The van der Waals surface area contributed by atoms with E-state index < -0.39 is 15.4 Å². The van der Waals surface area contributed by atoms with E-state index in [0.29, 0.717) is 37.7 Å². The molecule has 0 N–H and O–H groups in total. The molecular formula is C19H24N2O3S. The molecule has 0 radical (unpaired) electrons. The molecule has 1 aromatic rings. The van der Waals surface area contributed by atoms with Crippen LogP contribution in [0.2, 0.25) is 0 Å². The first-order valence-corrected chi connectivity index (χ1v) is 10.5. The molecule has 1 aliphatic heterocycles. The van der Waals surface area contributed by atoms with Crippen LogP contribution in [0.1, 0.15) is 38.7 Å². The Morgan fingerprint density at radius 2 is 1.96 bits per heavy atom. The van der Waals surface area contributed by atoms with Gasteiger partial charge in [0.25, 0.3) is 0 Å². The van der Waals surface area contributed by atoms with E-state index in [0.717, 1.165) is 12.0 Å². The summed E-state index contributed by atoms with van der Waals surface area (Å²) in [5, 5.41) is 0. The van der Waals surface area contributed by atoms with Crippen molar-refractivity contribution < 1.29 is 13.2 Å². The average molecular weight is 360 g/mol. The fourth-order valence-electron chi connectivity index (χ4n) is 5.02. The lowest BCUT2D eigenvalue weighted by Crippen LogP contribution is -2.47. The molecule has 0 saturated heterocycles. The normalized spacial score (nSPS) is 30.8. The lowest BCUT2D eigenvalue weighted by Gasteiger charge is -2.37. The van der Waals surface area contributed by atoms with E-state index in [1.165, 1.54) is 4.31 Å². The number of hydrogen-bond acceptors (Lipinski definition) is 4. The number of benzene rings is 1. The summed E-state index contributed by atoms with van der Waals surface area (Å²) in [6.45, 7) is 4.97. The molecule has 2 atom stereocenters. The highest BCUT2D eigenvalue weighted by Gasteiger charge is 2.65. The number of fused-ring (bicyclic) bond motifs is 2. The second kappa shape index (κ2) is 5.40. The van der Waals surface area contributed by atoms with Gasteiger partial charge in [-0.2, -0.15) is 0 Å². The molecule has 3 aliphatic rings. The smallest absolute Gasteiger partial charge is 0.237 e. The Morgan fingerprint density at radius 3 is 2.56 bits per heavy atom. The molecule has 0 amide bonds. The van der Waals surface area contributed by atoms with Gasteiger partial charge in [-0.05, 0) is 24.2 Å². The maximum absolute atomic E-state index is 13.3. The van der Waals surface area contributed by atoms with Crippen LogP contribution in [-0.4, -0.2) is 43.2 Å². The number of nitrogens with zero attached hydrogens (tertiary/aromatic N) is 2. The van der Waals surface area contributed by atoms with Gasteiger partial charge in [-0.1, -0.05) is 44.2 Å². The highest BCUT2D eigenvalue weighted by Crippen LogP contribution is 2.64. The maximum Gasteiger partial charge on any atom is 0.237 e. The molecule has 0 spiro atoms. The number of aliphatic imine (C=N–C) groups is 1. The fraction of sp³-hybridized carbons (Fsp3) is 0.579. The minimum atomic E-state index is -3.61. The maximum atomic E-state index is 13.3. The molecule has 2 fully saturated rings. The summed E-state index contributed by atoms with van der Waals surface area (Å²) >= 11 is 0. The van der Waals surface area contributed by atoms with Crippen LogP contribution in [0.15, 0.2) is 35.3 Å². The van der Waals surface area contributed by atoms with Gasteiger partial charge in [-0.15, -0.1) is 0 Å². The number of carbonyl (C=O) groups excluding carboxylic acids is 1. The fourth-order valence-corrected chi connectivity index (χ4v) is 7.26. The second-order valence-corrected chi connectivity index (χ2v) is 9.96. The molecule has 5 nitrogen and oxygen atoms in total. The predicted octanol–water partition coefficient (Wildman–Crippen LogP) is 2.47. The number of carbonyl (C=O) groups is 1. The Balaban J connectivity index is 1.67. The van der Waals surface area contributed by atoms with Crippen LogP contribution < -0.4 is 0 Å². The van der Waals surface area contributed by atoms with E-state index in [4.69, 9.17) is 0 Å². The number of rotatable bonds is 4. The van der Waals surface area contributed by atoms with Crippen molar-refractivity contribution in [2.24, 2.45) is 21.7 Å². The summed E-state index contributed by atoms with van der Waals surface area (Å²) in [7, 11) is -3.61. The molecule has 2 bridgehead atoms. The summed E-state index contributed by atoms with van der Waals surface area (Å²) in [4.78, 5) is 17.1. The van der Waals surface area contributed by atoms with Crippen molar-refractivity contribution in [3.05, 3.63) is 35.9 Å². The first kappa shape index (κ1) is 16.8. The van der Waals surface area contributed by atoms with E-state index in [1.807, 2.05) is 30.3 Å². The molecule has 2 aliphatic carbocycles. The predicted molar refractivity (Wildman–Crippen MR) is 96.9 cm³/mol. The highest BCUT2D eigenvalue weighted by atomic mass is 32.2. The third-order valence-electron chi connectivity index (χ3n) is 6.74. The molecule has 2 saturated carbocycles. The molecule has 25 heavy (non-hydrogen) atoms. The lowest BCUT2D eigenvalue weighted by molar-refractivity contribution is -0.128. The van der Waals surface area contributed by atoms with Crippen LogP contribution >= 0.6 is 0 Å². The first-order valence-electron chi connectivity index (χ1n) is 8.91. The van der Waals surface area contributed by atoms with Crippen LogP contribution in [0.4, 0.5) is 0 Å². The molecule has 1 heterocycles. The Bertz CT molecular complexity index is 845. The third-order valence-corrected chi connectivity index (χ3v) is 8.62. The zero-order valence-corrected chi connectivity index (χ0v) is 15.6. The van der Waals surface area contributed by atoms with E-state index in [-0.39, 0.29) is 17.0 Å². The minimum Gasteiger partial charge on any atom is -0.299 e. The van der Waals surface area contributed by atoms with Crippen molar-refractivity contribution in [2.45, 2.75) is 33.1 Å². The van der Waals surface area contributed by atoms with Gasteiger partial charge in [0.05, 0.1) is 24.3 Å². The molecule has 134 valence electrons. The summed E-state index contributed by atoms with van der Waals surface area (Å²) in [5.74, 6) is 0.870. The van der Waals surface area contributed by atoms with Crippen molar-refractivity contribution in [1.29, 1.82) is 0 Å². The summed E-state index contributed by atoms with van der Waals surface area (Å²) in [6.07, 6.45) is 2.17. The molecule has 0 unspecified atom stereocenters. The zero-order valence-electron chi connectivity index (χ0n) is 14.7. The number of sulfonamides is 1. The van der Waals surface area contributed by atoms with Crippen LogP contribution in [0.3, 0.4) is 0 Å². The van der Waals surface area contributed by atoms with Gasteiger partial charge in [0.1, 0.15) is 11.6 Å². The van der Waals surface area contributed by atoms with Crippen LogP contribution in [0.25, 0.3) is 0 Å². The SMILES string of the molecule is CC1(C)[C@@H]2CC[C@]1(CS(=O)(=O)N1CCN=C1c1ccccc1)C(=O)C2. The Kier molecular flexibility index (Phi) is 3.62. The minimum absolute atomic E-state index is 0.0891. The van der Waals surface area contributed by atoms with Gasteiger partial charge in [0, 0.05) is 12.0 Å².